The smallest absolute Gasteiger partial charge is 0.261 e. The van der Waals surface area contributed by atoms with Gasteiger partial charge in [0.15, 0.2) is 0 Å². The minimum absolute atomic E-state index is 0.125. The Bertz CT molecular complexity index is 1180. The second kappa shape index (κ2) is 9.41. The summed E-state index contributed by atoms with van der Waals surface area (Å²) in [6.45, 7) is 3.74. The molecule has 0 aromatic heterocycles. The number of hydrogen-bond donors (Lipinski definition) is 2. The van der Waals surface area contributed by atoms with Crippen LogP contribution in [-0.4, -0.2) is 21.4 Å². The van der Waals surface area contributed by atoms with Crippen molar-refractivity contribution < 1.29 is 17.9 Å². The molecule has 0 saturated carbocycles. The Labute approximate surface area is 187 Å². The predicted octanol–water partition coefficient (Wildman–Crippen LogP) is 4.95. The highest BCUT2D eigenvalue weighted by molar-refractivity contribution is 7.92. The highest BCUT2D eigenvalue weighted by Gasteiger charge is 2.18. The molecule has 0 aliphatic carbocycles. The molecule has 0 saturated heterocycles. The first-order chi connectivity index (χ1) is 14.7. The molecular formula is C23H23ClN2O4S. The van der Waals surface area contributed by atoms with Crippen molar-refractivity contribution >= 4 is 33.2 Å². The Kier molecular flexibility index (Phi) is 6.87. The fourth-order valence-electron chi connectivity index (χ4n) is 2.92. The number of halogens is 1. The number of nitrogens with one attached hydrogen (secondary N) is 2. The largest absolute Gasteiger partial charge is 0.497 e. The Hall–Kier alpha value is -3.03. The average Bonchev–Trinajstić information content (AvgIpc) is 2.75. The topological polar surface area (TPSA) is 84.5 Å². The summed E-state index contributed by atoms with van der Waals surface area (Å²) >= 11 is 6.26. The summed E-state index contributed by atoms with van der Waals surface area (Å²) in [5, 5.41) is 3.02. The number of hydrogen-bond acceptors (Lipinski definition) is 4. The number of aryl methyl sites for hydroxylation is 1. The van der Waals surface area contributed by atoms with E-state index in [4.69, 9.17) is 16.3 Å². The Morgan fingerprint density at radius 3 is 2.23 bits per heavy atom. The van der Waals surface area contributed by atoms with Gasteiger partial charge in [-0.05, 0) is 61.9 Å². The summed E-state index contributed by atoms with van der Waals surface area (Å²) in [5.41, 5.74) is 2.39. The normalized spacial score (nSPS) is 12.1. The van der Waals surface area contributed by atoms with E-state index in [2.05, 4.69) is 10.0 Å². The fraction of sp³-hybridized carbons (Fsp3) is 0.174. The second-order valence-corrected chi connectivity index (χ2v) is 9.17. The van der Waals surface area contributed by atoms with Gasteiger partial charge in [0.2, 0.25) is 0 Å². The molecular weight excluding hydrogens is 436 g/mol. The standard InChI is InChI=1S/C23H23ClN2O4S/c1-15-4-11-20(12-5-15)31(28,29)26-22-13-8-18(14-21(22)24)23(27)25-16(2)17-6-9-19(30-3)10-7-17/h4-14,16,26H,1-3H3,(H,25,27)/t16-/m0/s1. The van der Waals surface area contributed by atoms with Crippen molar-refractivity contribution in [1.29, 1.82) is 0 Å². The molecule has 3 rings (SSSR count). The Morgan fingerprint density at radius 1 is 1.00 bits per heavy atom. The third-order valence-electron chi connectivity index (χ3n) is 4.77. The van der Waals surface area contributed by atoms with E-state index in [1.807, 2.05) is 38.1 Å². The maximum atomic E-state index is 12.6. The zero-order chi connectivity index (χ0) is 22.6. The van der Waals surface area contributed by atoms with E-state index in [1.165, 1.54) is 30.3 Å². The number of anilines is 1. The molecule has 0 fully saturated rings. The molecule has 0 bridgehead atoms. The van der Waals surface area contributed by atoms with Crippen molar-refractivity contribution in [3.05, 3.63) is 88.4 Å². The molecule has 3 aromatic carbocycles. The van der Waals surface area contributed by atoms with Gasteiger partial charge in [0.25, 0.3) is 15.9 Å². The van der Waals surface area contributed by atoms with Crippen molar-refractivity contribution in [2.45, 2.75) is 24.8 Å². The van der Waals surface area contributed by atoms with Gasteiger partial charge in [-0.2, -0.15) is 0 Å². The number of rotatable bonds is 7. The van der Waals surface area contributed by atoms with Gasteiger partial charge < -0.3 is 10.1 Å². The van der Waals surface area contributed by atoms with Crippen LogP contribution in [0.1, 0.15) is 34.5 Å². The quantitative estimate of drug-likeness (QED) is 0.524. The zero-order valence-corrected chi connectivity index (χ0v) is 18.9. The average molecular weight is 459 g/mol. The molecule has 0 heterocycles. The number of methoxy groups -OCH3 is 1. The molecule has 1 atom stereocenters. The monoisotopic (exact) mass is 458 g/mol. The first-order valence-corrected chi connectivity index (χ1v) is 11.4. The van der Waals surface area contributed by atoms with Gasteiger partial charge in [-0.3, -0.25) is 9.52 Å². The SMILES string of the molecule is COc1ccc([C@H](C)NC(=O)c2ccc(NS(=O)(=O)c3ccc(C)cc3)c(Cl)c2)cc1. The van der Waals surface area contributed by atoms with Gasteiger partial charge in [0.05, 0.1) is 28.8 Å². The molecule has 2 N–H and O–H groups in total. The highest BCUT2D eigenvalue weighted by atomic mass is 35.5. The van der Waals surface area contributed by atoms with Crippen LogP contribution in [0.25, 0.3) is 0 Å². The van der Waals surface area contributed by atoms with Crippen LogP contribution in [-0.2, 0) is 10.0 Å². The van der Waals surface area contributed by atoms with Gasteiger partial charge in [0, 0.05) is 5.56 Å². The maximum absolute atomic E-state index is 12.6. The van der Waals surface area contributed by atoms with Crippen molar-refractivity contribution in [3.63, 3.8) is 0 Å². The molecule has 162 valence electrons. The summed E-state index contributed by atoms with van der Waals surface area (Å²) in [6.07, 6.45) is 0. The number of ether oxygens (including phenoxy) is 1. The van der Waals surface area contributed by atoms with Crippen molar-refractivity contribution in [2.75, 3.05) is 11.8 Å². The first-order valence-electron chi connectivity index (χ1n) is 9.53. The van der Waals surface area contributed by atoms with Crippen molar-refractivity contribution in [3.8, 4) is 5.75 Å². The molecule has 0 spiro atoms. The molecule has 0 aliphatic rings. The number of benzene rings is 3. The minimum Gasteiger partial charge on any atom is -0.497 e. The second-order valence-electron chi connectivity index (χ2n) is 7.08. The number of sulfonamides is 1. The highest BCUT2D eigenvalue weighted by Crippen LogP contribution is 2.26. The Morgan fingerprint density at radius 2 is 1.65 bits per heavy atom. The molecule has 0 radical (unpaired) electrons. The summed E-state index contributed by atoms with van der Waals surface area (Å²) in [6, 6.07) is 18.1. The molecule has 8 heteroatoms. The molecule has 0 unspecified atom stereocenters. The van der Waals surface area contributed by atoms with Crippen LogP contribution in [0.15, 0.2) is 71.6 Å². The lowest BCUT2D eigenvalue weighted by Gasteiger charge is -2.16. The molecule has 3 aromatic rings. The van der Waals surface area contributed by atoms with Crippen LogP contribution < -0.4 is 14.8 Å². The molecule has 0 aliphatic heterocycles. The van der Waals surface area contributed by atoms with Crippen LogP contribution in [0.3, 0.4) is 0 Å². The summed E-state index contributed by atoms with van der Waals surface area (Å²) in [7, 11) is -2.20. The van der Waals surface area contributed by atoms with Crippen molar-refractivity contribution in [1.82, 2.24) is 5.32 Å². The molecule has 6 nitrogen and oxygen atoms in total. The minimum atomic E-state index is -3.79. The van der Waals surface area contributed by atoms with E-state index in [0.29, 0.717) is 5.56 Å². The van der Waals surface area contributed by atoms with E-state index in [-0.39, 0.29) is 27.6 Å². The van der Waals surface area contributed by atoms with E-state index in [1.54, 1.807) is 19.2 Å². The van der Waals surface area contributed by atoms with Crippen LogP contribution in [0.4, 0.5) is 5.69 Å². The van der Waals surface area contributed by atoms with Gasteiger partial charge in [-0.1, -0.05) is 41.4 Å². The van der Waals surface area contributed by atoms with Gasteiger partial charge in [0.1, 0.15) is 5.75 Å². The van der Waals surface area contributed by atoms with E-state index in [9.17, 15) is 13.2 Å². The third kappa shape index (κ3) is 5.57. The number of carbonyl (C=O) groups excluding carboxylic acids is 1. The van der Waals surface area contributed by atoms with Gasteiger partial charge in [-0.25, -0.2) is 8.42 Å². The van der Waals surface area contributed by atoms with Gasteiger partial charge in [-0.15, -0.1) is 0 Å². The van der Waals surface area contributed by atoms with E-state index < -0.39 is 10.0 Å². The molecule has 1 amide bonds. The lowest BCUT2D eigenvalue weighted by Crippen LogP contribution is -2.26. The summed E-state index contributed by atoms with van der Waals surface area (Å²) in [4.78, 5) is 12.7. The fourth-order valence-corrected chi connectivity index (χ4v) is 4.28. The third-order valence-corrected chi connectivity index (χ3v) is 6.46. The van der Waals surface area contributed by atoms with Crippen LogP contribution in [0.2, 0.25) is 5.02 Å². The van der Waals surface area contributed by atoms with E-state index >= 15 is 0 Å². The van der Waals surface area contributed by atoms with Crippen molar-refractivity contribution in [2.24, 2.45) is 0 Å². The van der Waals surface area contributed by atoms with Gasteiger partial charge >= 0.3 is 0 Å². The summed E-state index contributed by atoms with van der Waals surface area (Å²) < 4.78 is 32.8. The lowest BCUT2D eigenvalue weighted by atomic mass is 10.1. The van der Waals surface area contributed by atoms with Crippen LogP contribution in [0, 0.1) is 6.92 Å². The van der Waals surface area contributed by atoms with Crippen LogP contribution >= 0.6 is 11.6 Å². The Balaban J connectivity index is 1.72. The number of carbonyl (C=O) groups is 1. The maximum Gasteiger partial charge on any atom is 0.261 e. The van der Waals surface area contributed by atoms with Crippen LogP contribution in [0.5, 0.6) is 5.75 Å². The predicted molar refractivity (Wildman–Crippen MR) is 122 cm³/mol. The summed E-state index contributed by atoms with van der Waals surface area (Å²) in [5.74, 6) is 0.413. The van der Waals surface area contributed by atoms with E-state index in [0.717, 1.165) is 16.9 Å². The molecule has 31 heavy (non-hydrogen) atoms. The lowest BCUT2D eigenvalue weighted by molar-refractivity contribution is 0.0940. The number of amides is 1. The first kappa shape index (κ1) is 22.7. The zero-order valence-electron chi connectivity index (χ0n) is 17.3.